The number of hydrogen-bond acceptors (Lipinski definition) is 3. The zero-order valence-electron chi connectivity index (χ0n) is 10.6. The number of aryl methyl sites for hydroxylation is 2. The summed E-state index contributed by atoms with van der Waals surface area (Å²) in [6.07, 6.45) is 1.78. The summed E-state index contributed by atoms with van der Waals surface area (Å²) in [5, 5.41) is 4.17. The van der Waals surface area contributed by atoms with Crippen LogP contribution in [0, 0.1) is 13.8 Å². The molecule has 4 heteroatoms. The molecule has 17 heavy (non-hydrogen) atoms. The molecule has 90 valence electrons. The van der Waals surface area contributed by atoms with Crippen molar-refractivity contribution in [2.75, 3.05) is 12.8 Å². The van der Waals surface area contributed by atoms with Crippen molar-refractivity contribution >= 4 is 5.82 Å². The molecule has 0 amide bonds. The maximum atomic E-state index is 6.02. The average molecular weight is 231 g/mol. The molecule has 0 bridgehead atoms. The molecule has 2 rings (SSSR count). The number of rotatable bonds is 2. The molecule has 2 aromatic rings. The van der Waals surface area contributed by atoms with Crippen LogP contribution in [0.4, 0.5) is 5.82 Å². The van der Waals surface area contributed by atoms with Gasteiger partial charge in [-0.05, 0) is 31.0 Å². The van der Waals surface area contributed by atoms with Crippen molar-refractivity contribution in [1.29, 1.82) is 0 Å². The summed E-state index contributed by atoms with van der Waals surface area (Å²) in [6.45, 7) is 4.14. The quantitative estimate of drug-likeness (QED) is 0.862. The van der Waals surface area contributed by atoms with Crippen molar-refractivity contribution in [2.24, 2.45) is 7.05 Å². The van der Waals surface area contributed by atoms with E-state index in [0.29, 0.717) is 5.82 Å². The van der Waals surface area contributed by atoms with Gasteiger partial charge < -0.3 is 10.5 Å². The number of nitrogen functional groups attached to an aromatic ring is 1. The highest BCUT2D eigenvalue weighted by Crippen LogP contribution is 2.37. The number of ether oxygens (including phenoxy) is 1. The molecule has 0 atom stereocenters. The van der Waals surface area contributed by atoms with E-state index in [4.69, 9.17) is 10.5 Å². The number of methoxy groups -OCH3 is 1. The predicted molar refractivity (Wildman–Crippen MR) is 69.1 cm³/mol. The highest BCUT2D eigenvalue weighted by atomic mass is 16.5. The smallest absolute Gasteiger partial charge is 0.129 e. The van der Waals surface area contributed by atoms with Gasteiger partial charge in [-0.25, -0.2) is 0 Å². The molecule has 2 N–H and O–H groups in total. The summed E-state index contributed by atoms with van der Waals surface area (Å²) >= 11 is 0. The normalized spacial score (nSPS) is 10.6. The maximum Gasteiger partial charge on any atom is 0.129 e. The van der Waals surface area contributed by atoms with Gasteiger partial charge >= 0.3 is 0 Å². The zero-order valence-corrected chi connectivity index (χ0v) is 10.6. The molecule has 0 aliphatic heterocycles. The Morgan fingerprint density at radius 2 is 2.00 bits per heavy atom. The first-order valence-corrected chi connectivity index (χ1v) is 5.48. The fourth-order valence-electron chi connectivity index (χ4n) is 1.94. The fraction of sp³-hybridized carbons (Fsp3) is 0.308. The number of nitrogens with zero attached hydrogens (tertiary/aromatic N) is 2. The molecule has 0 radical (unpaired) electrons. The first-order chi connectivity index (χ1) is 8.06. The van der Waals surface area contributed by atoms with Crippen LogP contribution in [0.5, 0.6) is 5.75 Å². The summed E-state index contributed by atoms with van der Waals surface area (Å²) in [5.41, 5.74) is 10.4. The van der Waals surface area contributed by atoms with Crippen molar-refractivity contribution < 1.29 is 4.74 Å². The summed E-state index contributed by atoms with van der Waals surface area (Å²) in [6, 6.07) is 4.01. The molecule has 1 aromatic carbocycles. The van der Waals surface area contributed by atoms with Crippen molar-refractivity contribution in [3.8, 4) is 16.9 Å². The Bertz CT molecular complexity index is 558. The molecule has 1 heterocycles. The van der Waals surface area contributed by atoms with E-state index in [1.165, 1.54) is 11.1 Å². The lowest BCUT2D eigenvalue weighted by Crippen LogP contribution is -2.00. The van der Waals surface area contributed by atoms with E-state index in [-0.39, 0.29) is 0 Å². The van der Waals surface area contributed by atoms with E-state index >= 15 is 0 Å². The molecule has 1 aromatic heterocycles. The van der Waals surface area contributed by atoms with E-state index < -0.39 is 0 Å². The molecule has 0 spiro atoms. The summed E-state index contributed by atoms with van der Waals surface area (Å²) in [4.78, 5) is 0. The van der Waals surface area contributed by atoms with E-state index in [2.05, 4.69) is 18.9 Å². The minimum absolute atomic E-state index is 0.650. The lowest BCUT2D eigenvalue weighted by Gasteiger charge is -2.13. The Morgan fingerprint density at radius 3 is 2.53 bits per heavy atom. The summed E-state index contributed by atoms with van der Waals surface area (Å²) in [7, 11) is 3.50. The van der Waals surface area contributed by atoms with Crippen LogP contribution in [0.15, 0.2) is 18.3 Å². The topological polar surface area (TPSA) is 53.1 Å². The van der Waals surface area contributed by atoms with E-state index in [9.17, 15) is 0 Å². The Hall–Kier alpha value is -1.97. The number of hydrogen-bond donors (Lipinski definition) is 1. The summed E-state index contributed by atoms with van der Waals surface area (Å²) in [5.74, 6) is 1.48. The Balaban J connectivity index is 2.73. The Morgan fingerprint density at radius 1 is 1.29 bits per heavy atom. The number of benzene rings is 1. The molecule has 0 aliphatic carbocycles. The predicted octanol–water partition coefficient (Wildman–Crippen LogP) is 2.29. The van der Waals surface area contributed by atoms with Gasteiger partial charge in [0.1, 0.15) is 11.6 Å². The van der Waals surface area contributed by atoms with E-state index in [1.807, 2.05) is 19.2 Å². The van der Waals surface area contributed by atoms with Gasteiger partial charge in [0.25, 0.3) is 0 Å². The van der Waals surface area contributed by atoms with Crippen LogP contribution in [-0.2, 0) is 7.05 Å². The third kappa shape index (κ3) is 1.75. The van der Waals surface area contributed by atoms with Crippen molar-refractivity contribution in [3.63, 3.8) is 0 Å². The van der Waals surface area contributed by atoms with Gasteiger partial charge in [-0.3, -0.25) is 4.68 Å². The van der Waals surface area contributed by atoms with Crippen molar-refractivity contribution in [2.45, 2.75) is 13.8 Å². The highest BCUT2D eigenvalue weighted by Gasteiger charge is 2.16. The van der Waals surface area contributed by atoms with Gasteiger partial charge in [-0.15, -0.1) is 0 Å². The molecule has 0 saturated heterocycles. The third-order valence-corrected chi connectivity index (χ3v) is 3.17. The second-order valence-electron chi connectivity index (χ2n) is 4.15. The molecular formula is C13H17N3O. The molecular weight excluding hydrogens is 214 g/mol. The summed E-state index contributed by atoms with van der Waals surface area (Å²) < 4.78 is 7.07. The van der Waals surface area contributed by atoms with Crippen LogP contribution in [0.1, 0.15) is 11.1 Å². The number of anilines is 1. The number of aromatic nitrogens is 2. The lowest BCUT2D eigenvalue weighted by atomic mass is 9.97. The van der Waals surface area contributed by atoms with Crippen LogP contribution in [0.2, 0.25) is 0 Å². The van der Waals surface area contributed by atoms with Crippen LogP contribution in [0.25, 0.3) is 11.1 Å². The van der Waals surface area contributed by atoms with Crippen LogP contribution < -0.4 is 10.5 Å². The van der Waals surface area contributed by atoms with Crippen LogP contribution in [-0.4, -0.2) is 16.9 Å². The van der Waals surface area contributed by atoms with Gasteiger partial charge in [-0.2, -0.15) is 5.10 Å². The average Bonchev–Trinajstić information content (AvgIpc) is 2.64. The van der Waals surface area contributed by atoms with Gasteiger partial charge in [-0.1, -0.05) is 6.07 Å². The third-order valence-electron chi connectivity index (χ3n) is 3.17. The lowest BCUT2D eigenvalue weighted by molar-refractivity contribution is 0.416. The monoisotopic (exact) mass is 231 g/mol. The fourth-order valence-corrected chi connectivity index (χ4v) is 1.94. The molecule has 0 aliphatic rings. The largest absolute Gasteiger partial charge is 0.496 e. The molecule has 0 saturated carbocycles. The second kappa shape index (κ2) is 4.13. The standard InChI is InChI=1S/C13H17N3O/c1-8-5-6-11(17-4)12(9(8)2)10-7-15-16(3)13(10)14/h5-7H,14H2,1-4H3. The molecule has 0 unspecified atom stereocenters. The maximum absolute atomic E-state index is 6.02. The second-order valence-corrected chi connectivity index (χ2v) is 4.15. The Kier molecular flexibility index (Phi) is 2.79. The first-order valence-electron chi connectivity index (χ1n) is 5.48. The Labute approximate surface area is 101 Å². The molecule has 0 fully saturated rings. The SMILES string of the molecule is COc1ccc(C)c(C)c1-c1cnn(C)c1N. The van der Waals surface area contributed by atoms with Gasteiger partial charge in [0, 0.05) is 18.2 Å². The van der Waals surface area contributed by atoms with Crippen LogP contribution in [0.3, 0.4) is 0 Å². The van der Waals surface area contributed by atoms with Crippen LogP contribution >= 0.6 is 0 Å². The minimum Gasteiger partial charge on any atom is -0.496 e. The molecule has 4 nitrogen and oxygen atoms in total. The van der Waals surface area contributed by atoms with E-state index in [0.717, 1.165) is 16.9 Å². The first kappa shape index (κ1) is 11.5. The van der Waals surface area contributed by atoms with Crippen molar-refractivity contribution in [1.82, 2.24) is 9.78 Å². The zero-order chi connectivity index (χ0) is 12.6. The van der Waals surface area contributed by atoms with Gasteiger partial charge in [0.05, 0.1) is 13.3 Å². The van der Waals surface area contributed by atoms with Gasteiger partial charge in [0.2, 0.25) is 0 Å². The van der Waals surface area contributed by atoms with E-state index in [1.54, 1.807) is 18.0 Å². The number of nitrogens with two attached hydrogens (primary N) is 1. The highest BCUT2D eigenvalue weighted by molar-refractivity contribution is 5.81. The van der Waals surface area contributed by atoms with Crippen molar-refractivity contribution in [3.05, 3.63) is 29.5 Å². The minimum atomic E-state index is 0.650. The van der Waals surface area contributed by atoms with Gasteiger partial charge in [0.15, 0.2) is 0 Å².